The standard InChI is InChI=1S/C17H16F2N2O4S/c18-15(19)11-25-16-10-13(6-8-20-16)17(22)21-9-7-14(26(21,23)24)12-4-2-1-3-5-12/h1-6,8,10,14-15H,7,9,11H2. The number of carbonyl (C=O) groups is 1. The lowest BCUT2D eigenvalue weighted by molar-refractivity contribution is 0.0793. The molecule has 1 aromatic carbocycles. The zero-order chi connectivity index (χ0) is 18.7. The molecule has 0 spiro atoms. The number of hydrogen-bond donors (Lipinski definition) is 0. The van der Waals surface area contributed by atoms with Gasteiger partial charge in [-0.05, 0) is 18.1 Å². The molecule has 2 aromatic rings. The van der Waals surface area contributed by atoms with E-state index in [9.17, 15) is 22.0 Å². The number of rotatable bonds is 5. The smallest absolute Gasteiger partial charge is 0.272 e. The van der Waals surface area contributed by atoms with Crippen LogP contribution in [0.4, 0.5) is 8.78 Å². The van der Waals surface area contributed by atoms with Crippen LogP contribution >= 0.6 is 0 Å². The average molecular weight is 382 g/mol. The molecule has 1 atom stereocenters. The topological polar surface area (TPSA) is 76.6 Å². The maximum Gasteiger partial charge on any atom is 0.272 e. The van der Waals surface area contributed by atoms with Gasteiger partial charge in [-0.2, -0.15) is 0 Å². The zero-order valence-corrected chi connectivity index (χ0v) is 14.4. The predicted molar refractivity (Wildman–Crippen MR) is 89.5 cm³/mol. The van der Waals surface area contributed by atoms with Crippen molar-refractivity contribution >= 4 is 15.9 Å². The summed E-state index contributed by atoms with van der Waals surface area (Å²) in [4.78, 5) is 16.4. The van der Waals surface area contributed by atoms with E-state index in [1.165, 1.54) is 12.3 Å². The summed E-state index contributed by atoms with van der Waals surface area (Å²) in [7, 11) is -3.86. The van der Waals surface area contributed by atoms with Gasteiger partial charge in [-0.25, -0.2) is 26.5 Å². The molecule has 1 fully saturated rings. The first-order chi connectivity index (χ1) is 12.4. The number of aromatic nitrogens is 1. The Kier molecular flexibility index (Phi) is 5.17. The minimum Gasteiger partial charge on any atom is -0.472 e. The molecule has 0 saturated carbocycles. The van der Waals surface area contributed by atoms with Gasteiger partial charge >= 0.3 is 0 Å². The van der Waals surface area contributed by atoms with Crippen molar-refractivity contribution in [2.24, 2.45) is 0 Å². The number of benzene rings is 1. The molecule has 0 radical (unpaired) electrons. The number of sulfonamides is 1. The van der Waals surface area contributed by atoms with E-state index in [2.05, 4.69) is 4.98 Å². The summed E-state index contributed by atoms with van der Waals surface area (Å²) in [6.07, 6.45) is -1.18. The molecule has 0 N–H and O–H groups in total. The van der Waals surface area contributed by atoms with Crippen LogP contribution in [0.1, 0.15) is 27.6 Å². The van der Waals surface area contributed by atoms with E-state index in [1.807, 2.05) is 0 Å². The zero-order valence-electron chi connectivity index (χ0n) is 13.6. The van der Waals surface area contributed by atoms with Gasteiger partial charge in [0.1, 0.15) is 5.25 Å². The van der Waals surface area contributed by atoms with Crippen molar-refractivity contribution in [1.29, 1.82) is 0 Å². The summed E-state index contributed by atoms with van der Waals surface area (Å²) in [5, 5.41) is -0.788. The fraction of sp³-hybridized carbons (Fsp3) is 0.294. The number of hydrogen-bond acceptors (Lipinski definition) is 5. The van der Waals surface area contributed by atoms with Crippen LogP contribution in [0.5, 0.6) is 5.88 Å². The lowest BCUT2D eigenvalue weighted by atomic mass is 10.1. The van der Waals surface area contributed by atoms with Gasteiger partial charge in [0.15, 0.2) is 6.61 Å². The number of halogens is 2. The monoisotopic (exact) mass is 382 g/mol. The lowest BCUT2D eigenvalue weighted by Crippen LogP contribution is -2.33. The van der Waals surface area contributed by atoms with Gasteiger partial charge in [0.25, 0.3) is 12.3 Å². The number of amides is 1. The molecule has 1 aromatic heterocycles. The molecule has 1 aliphatic rings. The first-order valence-electron chi connectivity index (χ1n) is 7.87. The molecular formula is C17H16F2N2O4S. The van der Waals surface area contributed by atoms with Gasteiger partial charge in [0.2, 0.25) is 15.9 Å². The van der Waals surface area contributed by atoms with Crippen molar-refractivity contribution in [3.8, 4) is 5.88 Å². The fourth-order valence-electron chi connectivity index (χ4n) is 2.80. The van der Waals surface area contributed by atoms with Crippen LogP contribution in [0.15, 0.2) is 48.7 Å². The van der Waals surface area contributed by atoms with Crippen molar-refractivity contribution in [3.63, 3.8) is 0 Å². The second kappa shape index (κ2) is 7.36. The van der Waals surface area contributed by atoms with Crippen molar-refractivity contribution in [3.05, 3.63) is 59.8 Å². The Hall–Kier alpha value is -2.55. The van der Waals surface area contributed by atoms with Crippen molar-refractivity contribution in [2.45, 2.75) is 18.1 Å². The molecule has 1 aliphatic heterocycles. The first kappa shape index (κ1) is 18.2. The lowest BCUT2D eigenvalue weighted by Gasteiger charge is -2.17. The maximum absolute atomic E-state index is 12.8. The Morgan fingerprint density at radius 2 is 2.00 bits per heavy atom. The molecule has 0 aliphatic carbocycles. The molecule has 1 unspecified atom stereocenters. The summed E-state index contributed by atoms with van der Waals surface area (Å²) >= 11 is 0. The molecule has 9 heteroatoms. The van der Waals surface area contributed by atoms with Crippen molar-refractivity contribution in [1.82, 2.24) is 9.29 Å². The third-order valence-electron chi connectivity index (χ3n) is 4.00. The number of pyridine rings is 1. The number of ether oxygens (including phenoxy) is 1. The maximum atomic E-state index is 12.8. The van der Waals surface area contributed by atoms with E-state index < -0.39 is 34.2 Å². The highest BCUT2D eigenvalue weighted by Gasteiger charge is 2.42. The van der Waals surface area contributed by atoms with Crippen LogP contribution in [0.25, 0.3) is 0 Å². The molecule has 138 valence electrons. The Morgan fingerprint density at radius 3 is 2.69 bits per heavy atom. The quantitative estimate of drug-likeness (QED) is 0.795. The summed E-state index contributed by atoms with van der Waals surface area (Å²) < 4.78 is 55.6. The summed E-state index contributed by atoms with van der Waals surface area (Å²) in [5.41, 5.74) is 0.639. The third-order valence-corrected chi connectivity index (χ3v) is 6.19. The minimum absolute atomic E-state index is 0.0153. The molecule has 26 heavy (non-hydrogen) atoms. The van der Waals surface area contributed by atoms with E-state index in [0.29, 0.717) is 5.56 Å². The van der Waals surface area contributed by atoms with Crippen LogP contribution < -0.4 is 4.74 Å². The van der Waals surface area contributed by atoms with E-state index in [1.54, 1.807) is 30.3 Å². The van der Waals surface area contributed by atoms with Crippen LogP contribution in [-0.4, -0.2) is 43.2 Å². The molecule has 6 nitrogen and oxygen atoms in total. The SMILES string of the molecule is O=C(c1ccnc(OCC(F)F)c1)N1CCC(c2ccccc2)S1(=O)=O. The molecule has 1 amide bonds. The van der Waals surface area contributed by atoms with Crippen LogP contribution in [0.3, 0.4) is 0 Å². The predicted octanol–water partition coefficient (Wildman–Crippen LogP) is 2.64. The second-order valence-electron chi connectivity index (χ2n) is 5.70. The highest BCUT2D eigenvalue weighted by atomic mass is 32.2. The van der Waals surface area contributed by atoms with E-state index in [-0.39, 0.29) is 24.4 Å². The van der Waals surface area contributed by atoms with Crippen molar-refractivity contribution in [2.75, 3.05) is 13.2 Å². The largest absolute Gasteiger partial charge is 0.472 e. The third kappa shape index (κ3) is 3.67. The van der Waals surface area contributed by atoms with Gasteiger partial charge in [-0.1, -0.05) is 30.3 Å². The molecule has 3 rings (SSSR count). The van der Waals surface area contributed by atoms with Crippen molar-refractivity contribution < 1.29 is 26.7 Å². The summed E-state index contributed by atoms with van der Waals surface area (Å²) in [5.74, 6) is -0.889. The Labute approximate surface area is 149 Å². The molecule has 1 saturated heterocycles. The number of alkyl halides is 2. The van der Waals surface area contributed by atoms with Crippen LogP contribution in [0, 0.1) is 0 Å². The van der Waals surface area contributed by atoms with E-state index >= 15 is 0 Å². The van der Waals surface area contributed by atoms with Crippen LogP contribution in [0.2, 0.25) is 0 Å². The first-order valence-corrected chi connectivity index (χ1v) is 9.38. The number of nitrogens with zero attached hydrogens (tertiary/aromatic N) is 2. The van der Waals surface area contributed by atoms with Gasteiger partial charge in [-0.15, -0.1) is 0 Å². The molecule has 2 heterocycles. The molecular weight excluding hydrogens is 366 g/mol. The highest BCUT2D eigenvalue weighted by molar-refractivity contribution is 7.90. The van der Waals surface area contributed by atoms with Gasteiger partial charge in [0, 0.05) is 24.4 Å². The minimum atomic E-state index is -3.86. The van der Waals surface area contributed by atoms with Gasteiger partial charge < -0.3 is 4.74 Å². The van der Waals surface area contributed by atoms with Crippen LogP contribution in [-0.2, 0) is 10.0 Å². The summed E-state index contributed by atoms with van der Waals surface area (Å²) in [6, 6.07) is 11.2. The fourth-order valence-corrected chi connectivity index (χ4v) is 4.71. The van der Waals surface area contributed by atoms with E-state index in [4.69, 9.17) is 4.74 Å². The van der Waals surface area contributed by atoms with Gasteiger partial charge in [0.05, 0.1) is 0 Å². The Balaban J connectivity index is 1.81. The summed E-state index contributed by atoms with van der Waals surface area (Å²) in [6.45, 7) is -0.807. The second-order valence-corrected chi connectivity index (χ2v) is 7.73. The van der Waals surface area contributed by atoms with Gasteiger partial charge in [-0.3, -0.25) is 4.79 Å². The normalized spacial score (nSPS) is 18.9. The average Bonchev–Trinajstić information content (AvgIpc) is 2.95. The number of carbonyl (C=O) groups excluding carboxylic acids is 1. The Bertz CT molecular complexity index is 891. The molecule has 0 bridgehead atoms. The highest BCUT2D eigenvalue weighted by Crippen LogP contribution is 2.36. The Morgan fingerprint density at radius 1 is 1.27 bits per heavy atom. The van der Waals surface area contributed by atoms with E-state index in [0.717, 1.165) is 10.4 Å².